The summed E-state index contributed by atoms with van der Waals surface area (Å²) in [6.07, 6.45) is 3.04. The summed E-state index contributed by atoms with van der Waals surface area (Å²) in [7, 11) is 0. The molecule has 1 N–H and O–H groups in total. The van der Waals surface area contributed by atoms with Gasteiger partial charge in [0, 0.05) is 41.2 Å². The summed E-state index contributed by atoms with van der Waals surface area (Å²) in [4.78, 5) is 32.5. The molecule has 1 aliphatic heterocycles. The van der Waals surface area contributed by atoms with E-state index in [2.05, 4.69) is 11.5 Å². The Morgan fingerprint density at radius 3 is 2.70 bits per heavy atom. The molecule has 8 heteroatoms. The number of carboxylic acid groups (broad SMARTS) is 1. The third-order valence-electron chi connectivity index (χ3n) is 5.63. The number of hydrogen-bond donors (Lipinski definition) is 1. The second kappa shape index (κ2) is 10.2. The van der Waals surface area contributed by atoms with E-state index in [9.17, 15) is 14.7 Å². The number of thiazole rings is 1. The molecule has 1 aliphatic rings. The van der Waals surface area contributed by atoms with E-state index in [0.29, 0.717) is 43.1 Å². The van der Waals surface area contributed by atoms with E-state index in [-0.39, 0.29) is 5.91 Å². The molecule has 1 atom stereocenters. The number of aromatic nitrogens is 1. The van der Waals surface area contributed by atoms with Crippen LogP contribution in [0.5, 0.6) is 0 Å². The van der Waals surface area contributed by atoms with E-state index in [1.54, 1.807) is 23.5 Å². The Labute approximate surface area is 201 Å². The Kier molecular flexibility index (Phi) is 7.11. The van der Waals surface area contributed by atoms with Crippen molar-refractivity contribution < 1.29 is 14.7 Å². The van der Waals surface area contributed by atoms with Gasteiger partial charge in [-0.25, -0.2) is 9.78 Å². The molecule has 0 bridgehead atoms. The molecule has 2 heterocycles. The van der Waals surface area contributed by atoms with Gasteiger partial charge in [-0.3, -0.25) is 4.79 Å². The van der Waals surface area contributed by atoms with Gasteiger partial charge < -0.3 is 14.9 Å². The molecule has 1 fully saturated rings. The van der Waals surface area contributed by atoms with E-state index in [0.717, 1.165) is 22.0 Å². The summed E-state index contributed by atoms with van der Waals surface area (Å²) >= 11 is 7.86. The molecule has 170 valence electrons. The van der Waals surface area contributed by atoms with Crippen LogP contribution in [-0.4, -0.2) is 46.0 Å². The van der Waals surface area contributed by atoms with Crippen molar-refractivity contribution in [3.63, 3.8) is 0 Å². The topological polar surface area (TPSA) is 73.7 Å². The number of aliphatic carboxylic acids is 1. The Bertz CT molecular complexity index is 1160. The van der Waals surface area contributed by atoms with Crippen molar-refractivity contribution in [2.24, 2.45) is 0 Å². The van der Waals surface area contributed by atoms with Crippen LogP contribution in [0.15, 0.2) is 66.6 Å². The monoisotopic (exact) mass is 481 g/mol. The highest BCUT2D eigenvalue weighted by molar-refractivity contribution is 7.14. The molecule has 4 rings (SSSR count). The standard InChI is InChI=1S/C25H24ClN3O3S/c1-2-13-28(25-27-21(16-33-25)19-6-3-4-7-20(19)26)15-17-9-11-18(12-10-17)23(30)29-14-5-8-22(29)24(31)32/h2-4,6-7,9-12,16,22H,1,5,8,13-15H2,(H,31,32). The zero-order valence-corrected chi connectivity index (χ0v) is 19.6. The highest BCUT2D eigenvalue weighted by Crippen LogP contribution is 2.32. The second-order valence-corrected chi connectivity index (χ2v) is 9.10. The van der Waals surface area contributed by atoms with Gasteiger partial charge >= 0.3 is 5.97 Å². The first kappa shape index (κ1) is 23.0. The molecular formula is C25H24ClN3O3S. The van der Waals surface area contributed by atoms with Gasteiger partial charge in [0.05, 0.1) is 5.69 Å². The first-order valence-corrected chi connectivity index (χ1v) is 11.9. The average molecular weight is 482 g/mol. The van der Waals surface area contributed by atoms with Crippen molar-refractivity contribution in [1.29, 1.82) is 0 Å². The van der Waals surface area contributed by atoms with E-state index in [1.165, 1.54) is 4.90 Å². The number of halogens is 1. The molecule has 0 spiro atoms. The van der Waals surface area contributed by atoms with Gasteiger partial charge in [-0.05, 0) is 36.6 Å². The Morgan fingerprint density at radius 1 is 1.24 bits per heavy atom. The fourth-order valence-corrected chi connectivity index (χ4v) is 5.04. The van der Waals surface area contributed by atoms with Crippen LogP contribution >= 0.6 is 22.9 Å². The number of carbonyl (C=O) groups is 2. The summed E-state index contributed by atoms with van der Waals surface area (Å²) in [5.74, 6) is -1.18. The van der Waals surface area contributed by atoms with Crippen LogP contribution < -0.4 is 4.90 Å². The number of amides is 1. The molecule has 1 aromatic heterocycles. The molecule has 3 aromatic rings. The molecular weight excluding hydrogens is 458 g/mol. The lowest BCUT2D eigenvalue weighted by Crippen LogP contribution is -2.40. The fourth-order valence-electron chi connectivity index (χ4n) is 3.97. The van der Waals surface area contributed by atoms with E-state index < -0.39 is 12.0 Å². The zero-order valence-electron chi connectivity index (χ0n) is 18.0. The predicted octanol–water partition coefficient (Wildman–Crippen LogP) is 5.35. The third-order valence-corrected chi connectivity index (χ3v) is 6.87. The quantitative estimate of drug-likeness (QED) is 0.439. The molecule has 2 aromatic carbocycles. The molecule has 0 aliphatic carbocycles. The molecule has 1 unspecified atom stereocenters. The SMILES string of the molecule is C=CCN(Cc1ccc(C(=O)N2CCCC2C(=O)O)cc1)c1nc(-c2ccccc2Cl)cs1. The van der Waals surface area contributed by atoms with Gasteiger partial charge in [0.2, 0.25) is 0 Å². The van der Waals surface area contributed by atoms with E-state index in [4.69, 9.17) is 16.6 Å². The second-order valence-electron chi connectivity index (χ2n) is 7.86. The maximum absolute atomic E-state index is 12.8. The Balaban J connectivity index is 1.49. The summed E-state index contributed by atoms with van der Waals surface area (Å²) in [5.41, 5.74) is 3.23. The van der Waals surface area contributed by atoms with Crippen LogP contribution in [0, 0.1) is 0 Å². The Morgan fingerprint density at radius 2 is 2.00 bits per heavy atom. The fraction of sp³-hybridized carbons (Fsp3) is 0.240. The number of benzene rings is 2. The van der Waals surface area contributed by atoms with Crippen LogP contribution in [0.3, 0.4) is 0 Å². The normalized spacial score (nSPS) is 15.4. The predicted molar refractivity (Wildman–Crippen MR) is 132 cm³/mol. The molecule has 0 radical (unpaired) electrons. The lowest BCUT2D eigenvalue weighted by atomic mass is 10.1. The van der Waals surface area contributed by atoms with E-state index >= 15 is 0 Å². The van der Waals surface area contributed by atoms with Crippen molar-refractivity contribution in [2.45, 2.75) is 25.4 Å². The molecule has 33 heavy (non-hydrogen) atoms. The van der Waals surface area contributed by atoms with Crippen LogP contribution in [-0.2, 0) is 11.3 Å². The molecule has 6 nitrogen and oxygen atoms in total. The van der Waals surface area contributed by atoms with Gasteiger partial charge in [0.15, 0.2) is 5.13 Å². The minimum absolute atomic E-state index is 0.237. The first-order valence-electron chi connectivity index (χ1n) is 10.7. The molecule has 1 saturated heterocycles. The maximum Gasteiger partial charge on any atom is 0.326 e. The van der Waals surface area contributed by atoms with Crippen molar-refractivity contribution >= 4 is 39.9 Å². The summed E-state index contributed by atoms with van der Waals surface area (Å²) in [6.45, 7) is 5.55. The zero-order chi connectivity index (χ0) is 23.4. The maximum atomic E-state index is 12.8. The average Bonchev–Trinajstić information content (AvgIpc) is 3.49. The Hall–Kier alpha value is -3.16. The van der Waals surface area contributed by atoms with Gasteiger partial charge in [-0.15, -0.1) is 17.9 Å². The summed E-state index contributed by atoms with van der Waals surface area (Å²) < 4.78 is 0. The molecule has 0 saturated carbocycles. The summed E-state index contributed by atoms with van der Waals surface area (Å²) in [5, 5.41) is 12.9. The minimum Gasteiger partial charge on any atom is -0.480 e. The number of nitrogens with zero attached hydrogens (tertiary/aromatic N) is 3. The van der Waals surface area contributed by atoms with Crippen LogP contribution in [0.2, 0.25) is 5.02 Å². The smallest absolute Gasteiger partial charge is 0.326 e. The van der Waals surface area contributed by atoms with Crippen LogP contribution in [0.25, 0.3) is 11.3 Å². The lowest BCUT2D eigenvalue weighted by molar-refractivity contribution is -0.141. The van der Waals surface area contributed by atoms with Crippen molar-refractivity contribution in [2.75, 3.05) is 18.0 Å². The number of rotatable bonds is 8. The lowest BCUT2D eigenvalue weighted by Gasteiger charge is -2.22. The van der Waals surface area contributed by atoms with Gasteiger partial charge in [0.25, 0.3) is 5.91 Å². The number of hydrogen-bond acceptors (Lipinski definition) is 5. The number of likely N-dealkylation sites (tertiary alicyclic amines) is 1. The minimum atomic E-state index is -0.947. The summed E-state index contributed by atoms with van der Waals surface area (Å²) in [6, 6.07) is 14.2. The van der Waals surface area contributed by atoms with Crippen molar-refractivity contribution in [3.05, 3.63) is 82.7 Å². The van der Waals surface area contributed by atoms with Gasteiger partial charge in [-0.2, -0.15) is 0 Å². The van der Waals surface area contributed by atoms with Gasteiger partial charge in [0.1, 0.15) is 6.04 Å². The van der Waals surface area contributed by atoms with Gasteiger partial charge in [-0.1, -0.05) is 48.0 Å². The first-order chi connectivity index (χ1) is 16.0. The number of anilines is 1. The van der Waals surface area contributed by atoms with Crippen molar-refractivity contribution in [3.8, 4) is 11.3 Å². The highest BCUT2D eigenvalue weighted by Gasteiger charge is 2.34. The van der Waals surface area contributed by atoms with Crippen molar-refractivity contribution in [1.82, 2.24) is 9.88 Å². The third kappa shape index (κ3) is 5.10. The van der Waals surface area contributed by atoms with Crippen LogP contribution in [0.1, 0.15) is 28.8 Å². The van der Waals surface area contributed by atoms with Crippen LogP contribution in [0.4, 0.5) is 5.13 Å². The molecule has 1 amide bonds. The largest absolute Gasteiger partial charge is 0.480 e. The number of carbonyl (C=O) groups excluding carboxylic acids is 1. The van der Waals surface area contributed by atoms with E-state index in [1.807, 2.05) is 47.9 Å². The number of carboxylic acids is 1. The highest BCUT2D eigenvalue weighted by atomic mass is 35.5.